The number of rotatable bonds is 6. The Morgan fingerprint density at radius 2 is 2.05 bits per heavy atom. The van der Waals surface area contributed by atoms with Crippen LogP contribution in [-0.2, 0) is 19.7 Å². The first-order chi connectivity index (χ1) is 10.0. The first-order valence-electron chi connectivity index (χ1n) is 7.18. The molecule has 0 radical (unpaired) electrons. The van der Waals surface area contributed by atoms with Gasteiger partial charge in [-0.25, -0.2) is 0 Å². The van der Waals surface area contributed by atoms with Crippen LogP contribution in [0.15, 0.2) is 24.3 Å². The molecule has 0 amide bonds. The summed E-state index contributed by atoms with van der Waals surface area (Å²) < 4.78 is 5.07. The molecule has 0 bridgehead atoms. The zero-order chi connectivity index (χ0) is 15.5. The Kier molecular flexibility index (Phi) is 4.88. The van der Waals surface area contributed by atoms with Gasteiger partial charge in [-0.05, 0) is 30.9 Å². The first-order valence-corrected chi connectivity index (χ1v) is 7.55. The Hall–Kier alpha value is -1.55. The van der Waals surface area contributed by atoms with Crippen LogP contribution < -0.4 is 0 Å². The van der Waals surface area contributed by atoms with Gasteiger partial charge in [-0.1, -0.05) is 49.1 Å². The van der Waals surface area contributed by atoms with Crippen LogP contribution >= 0.6 is 11.6 Å². The maximum absolute atomic E-state index is 12.5. The summed E-state index contributed by atoms with van der Waals surface area (Å²) in [6.45, 7) is 1.81. The average molecular weight is 311 g/mol. The van der Waals surface area contributed by atoms with Gasteiger partial charge in [0.1, 0.15) is 0 Å². The molecular formula is C16H19ClO4. The Morgan fingerprint density at radius 1 is 1.38 bits per heavy atom. The first kappa shape index (κ1) is 15.8. The standard InChI is InChI=1S/C16H19ClO4/c1-2-21-15(20)16(14(18)19,10-11-6-5-7-11)12-8-3-4-9-13(12)17/h3-4,8-9,11H,2,5-7,10H2,1H3,(H,18,19). The minimum Gasteiger partial charge on any atom is -0.480 e. The molecule has 0 heterocycles. The van der Waals surface area contributed by atoms with Crippen molar-refractivity contribution in [2.75, 3.05) is 6.61 Å². The molecule has 1 aromatic rings. The molecule has 4 nitrogen and oxygen atoms in total. The van der Waals surface area contributed by atoms with E-state index in [1.165, 1.54) is 0 Å². The summed E-state index contributed by atoms with van der Waals surface area (Å²) in [7, 11) is 0. The summed E-state index contributed by atoms with van der Waals surface area (Å²) >= 11 is 6.17. The van der Waals surface area contributed by atoms with Crippen molar-refractivity contribution < 1.29 is 19.4 Å². The summed E-state index contributed by atoms with van der Waals surface area (Å²) in [6.07, 6.45) is 3.20. The number of carbonyl (C=O) groups excluding carboxylic acids is 1. The quantitative estimate of drug-likeness (QED) is 0.646. The van der Waals surface area contributed by atoms with E-state index in [1.54, 1.807) is 31.2 Å². The monoisotopic (exact) mass is 310 g/mol. The Morgan fingerprint density at radius 3 is 2.52 bits per heavy atom. The number of carboxylic acid groups (broad SMARTS) is 1. The predicted octanol–water partition coefficient (Wildman–Crippen LogP) is 3.42. The molecule has 1 atom stereocenters. The van der Waals surface area contributed by atoms with Crippen molar-refractivity contribution in [2.45, 2.75) is 38.0 Å². The SMILES string of the molecule is CCOC(=O)C(CC1CCC1)(C(=O)O)c1ccccc1Cl. The second kappa shape index (κ2) is 6.48. The predicted molar refractivity (Wildman–Crippen MR) is 79.4 cm³/mol. The van der Waals surface area contributed by atoms with Gasteiger partial charge in [-0.15, -0.1) is 0 Å². The number of hydrogen-bond donors (Lipinski definition) is 1. The van der Waals surface area contributed by atoms with Gasteiger partial charge in [-0.3, -0.25) is 9.59 Å². The molecule has 1 N–H and O–H groups in total. The number of benzene rings is 1. The lowest BCUT2D eigenvalue weighted by Gasteiger charge is -2.35. The third kappa shape index (κ3) is 2.91. The molecule has 1 aliphatic carbocycles. The third-order valence-corrected chi connectivity index (χ3v) is 4.47. The molecule has 1 unspecified atom stereocenters. The van der Waals surface area contributed by atoms with Gasteiger partial charge >= 0.3 is 11.9 Å². The lowest BCUT2D eigenvalue weighted by Crippen LogP contribution is -2.47. The second-order valence-corrected chi connectivity index (χ2v) is 5.82. The number of aliphatic carboxylic acids is 1. The number of carboxylic acids is 1. The smallest absolute Gasteiger partial charge is 0.328 e. The van der Waals surface area contributed by atoms with E-state index in [-0.39, 0.29) is 24.0 Å². The van der Waals surface area contributed by atoms with E-state index in [9.17, 15) is 14.7 Å². The van der Waals surface area contributed by atoms with Crippen LogP contribution in [0, 0.1) is 5.92 Å². The van der Waals surface area contributed by atoms with Gasteiger partial charge in [0, 0.05) is 5.02 Å². The molecule has 1 aliphatic rings. The topological polar surface area (TPSA) is 63.6 Å². The van der Waals surface area contributed by atoms with E-state index in [0.29, 0.717) is 5.56 Å². The molecule has 0 aliphatic heterocycles. The number of halogens is 1. The molecule has 21 heavy (non-hydrogen) atoms. The van der Waals surface area contributed by atoms with Crippen LogP contribution in [0.25, 0.3) is 0 Å². The van der Waals surface area contributed by atoms with Crippen molar-refractivity contribution in [3.05, 3.63) is 34.9 Å². The van der Waals surface area contributed by atoms with Crippen LogP contribution in [0.1, 0.15) is 38.2 Å². The van der Waals surface area contributed by atoms with E-state index < -0.39 is 17.4 Å². The maximum atomic E-state index is 12.5. The number of carbonyl (C=O) groups is 2. The third-order valence-electron chi connectivity index (χ3n) is 4.14. The summed E-state index contributed by atoms with van der Waals surface area (Å²) in [5.74, 6) is -1.69. The van der Waals surface area contributed by atoms with Crippen LogP contribution in [0.4, 0.5) is 0 Å². The van der Waals surface area contributed by atoms with Crippen LogP contribution in [0.3, 0.4) is 0 Å². The summed E-state index contributed by atoms with van der Waals surface area (Å²) in [4.78, 5) is 24.5. The second-order valence-electron chi connectivity index (χ2n) is 5.41. The fourth-order valence-corrected chi connectivity index (χ4v) is 3.08. The normalized spacial score (nSPS) is 17.6. The molecule has 1 aromatic carbocycles. The summed E-state index contributed by atoms with van der Waals surface area (Å²) in [5.41, 5.74) is -1.39. The van der Waals surface area contributed by atoms with E-state index >= 15 is 0 Å². The molecule has 1 fully saturated rings. The van der Waals surface area contributed by atoms with E-state index in [1.807, 2.05) is 0 Å². The molecular weight excluding hydrogens is 292 g/mol. The number of hydrogen-bond acceptors (Lipinski definition) is 3. The van der Waals surface area contributed by atoms with Crippen molar-refractivity contribution in [1.82, 2.24) is 0 Å². The Balaban J connectivity index is 2.51. The zero-order valence-electron chi connectivity index (χ0n) is 12.0. The average Bonchev–Trinajstić information content (AvgIpc) is 2.39. The number of ether oxygens (including phenoxy) is 1. The van der Waals surface area contributed by atoms with E-state index in [0.717, 1.165) is 19.3 Å². The fraction of sp³-hybridized carbons (Fsp3) is 0.500. The maximum Gasteiger partial charge on any atom is 0.328 e. The Labute approximate surface area is 129 Å². The van der Waals surface area contributed by atoms with Crippen LogP contribution in [0.5, 0.6) is 0 Å². The Bertz CT molecular complexity index is 539. The van der Waals surface area contributed by atoms with Gasteiger partial charge in [0.25, 0.3) is 0 Å². The minimum atomic E-state index is -1.71. The van der Waals surface area contributed by atoms with Gasteiger partial charge in [0.2, 0.25) is 0 Å². The highest BCUT2D eigenvalue weighted by molar-refractivity contribution is 6.32. The highest BCUT2D eigenvalue weighted by atomic mass is 35.5. The minimum absolute atomic E-state index is 0.142. The largest absolute Gasteiger partial charge is 0.480 e. The molecule has 0 spiro atoms. The van der Waals surface area contributed by atoms with E-state index in [2.05, 4.69) is 0 Å². The van der Waals surface area contributed by atoms with Crippen molar-refractivity contribution >= 4 is 23.5 Å². The zero-order valence-corrected chi connectivity index (χ0v) is 12.7. The number of esters is 1. The van der Waals surface area contributed by atoms with Gasteiger partial charge < -0.3 is 9.84 Å². The fourth-order valence-electron chi connectivity index (χ4n) is 2.78. The lowest BCUT2D eigenvalue weighted by molar-refractivity contribution is -0.163. The van der Waals surface area contributed by atoms with Gasteiger partial charge in [-0.2, -0.15) is 0 Å². The molecule has 5 heteroatoms. The van der Waals surface area contributed by atoms with Crippen molar-refractivity contribution in [2.24, 2.45) is 5.92 Å². The van der Waals surface area contributed by atoms with Crippen molar-refractivity contribution in [3.63, 3.8) is 0 Å². The van der Waals surface area contributed by atoms with E-state index in [4.69, 9.17) is 16.3 Å². The van der Waals surface area contributed by atoms with Crippen molar-refractivity contribution in [1.29, 1.82) is 0 Å². The molecule has 2 rings (SSSR count). The highest BCUT2D eigenvalue weighted by Crippen LogP contribution is 2.42. The summed E-state index contributed by atoms with van der Waals surface area (Å²) in [5, 5.41) is 10.1. The molecule has 1 saturated carbocycles. The lowest BCUT2D eigenvalue weighted by atomic mass is 9.68. The van der Waals surface area contributed by atoms with Crippen LogP contribution in [-0.4, -0.2) is 23.7 Å². The van der Waals surface area contributed by atoms with Crippen molar-refractivity contribution in [3.8, 4) is 0 Å². The van der Waals surface area contributed by atoms with Crippen LogP contribution in [0.2, 0.25) is 5.02 Å². The van der Waals surface area contributed by atoms with Gasteiger partial charge in [0.15, 0.2) is 5.41 Å². The molecule has 114 valence electrons. The van der Waals surface area contributed by atoms with Gasteiger partial charge in [0.05, 0.1) is 6.61 Å². The molecule has 0 saturated heterocycles. The highest BCUT2D eigenvalue weighted by Gasteiger charge is 2.52. The summed E-state index contributed by atoms with van der Waals surface area (Å²) in [6, 6.07) is 6.62. The molecule has 0 aromatic heterocycles.